The van der Waals surface area contributed by atoms with Crippen LogP contribution in [0, 0.1) is 0 Å². The molecule has 2 aromatic heterocycles. The Morgan fingerprint density at radius 1 is 1.30 bits per heavy atom. The summed E-state index contributed by atoms with van der Waals surface area (Å²) < 4.78 is 63.5. The van der Waals surface area contributed by atoms with Crippen molar-refractivity contribution in [2.45, 2.75) is 35.8 Å². The van der Waals surface area contributed by atoms with Gasteiger partial charge in [-0.1, -0.05) is 11.8 Å². The molecule has 15 heteroatoms. The molecule has 2 N–H and O–H groups in total. The SMILES string of the molecule is O=C(NC1=CN(C2CCOC2=O)NC1c1cc(SC(F)F)ccc1OC(F)F)c1cnn2cccnc12. The van der Waals surface area contributed by atoms with E-state index in [1.807, 2.05) is 0 Å². The van der Waals surface area contributed by atoms with Crippen LogP contribution in [0.15, 0.2) is 59.6 Å². The number of rotatable bonds is 8. The number of thioether (sulfide) groups is 1. The molecule has 194 valence electrons. The zero-order valence-electron chi connectivity index (χ0n) is 18.7. The van der Waals surface area contributed by atoms with Crippen molar-refractivity contribution in [3.8, 4) is 5.75 Å². The maximum Gasteiger partial charge on any atom is 0.387 e. The summed E-state index contributed by atoms with van der Waals surface area (Å²) in [6.07, 6.45) is 6.16. The Labute approximate surface area is 210 Å². The molecular formula is C22H18F4N6O4S. The second kappa shape index (κ2) is 10.3. The fourth-order valence-electron chi connectivity index (χ4n) is 4.06. The van der Waals surface area contributed by atoms with Gasteiger partial charge in [0.1, 0.15) is 17.4 Å². The molecule has 1 fully saturated rings. The minimum absolute atomic E-state index is 0.0457. The zero-order valence-corrected chi connectivity index (χ0v) is 19.5. The van der Waals surface area contributed by atoms with Gasteiger partial charge in [-0.15, -0.1) is 0 Å². The van der Waals surface area contributed by atoms with E-state index in [-0.39, 0.29) is 51.5 Å². The van der Waals surface area contributed by atoms with E-state index >= 15 is 0 Å². The first-order valence-corrected chi connectivity index (χ1v) is 11.7. The predicted molar refractivity (Wildman–Crippen MR) is 121 cm³/mol. The summed E-state index contributed by atoms with van der Waals surface area (Å²) in [5.74, 6) is -4.18. The van der Waals surface area contributed by atoms with Gasteiger partial charge in [-0.25, -0.2) is 19.7 Å². The summed E-state index contributed by atoms with van der Waals surface area (Å²) in [6.45, 7) is -3.02. The highest BCUT2D eigenvalue weighted by Gasteiger charge is 2.39. The average molecular weight is 538 g/mol. The maximum absolute atomic E-state index is 13.2. The number of cyclic esters (lactones) is 1. The number of esters is 1. The molecule has 5 rings (SSSR count). The summed E-state index contributed by atoms with van der Waals surface area (Å²) >= 11 is 0.222. The molecule has 3 aromatic rings. The summed E-state index contributed by atoms with van der Waals surface area (Å²) in [4.78, 5) is 29.6. The van der Waals surface area contributed by atoms with Gasteiger partial charge in [-0.2, -0.15) is 22.7 Å². The Morgan fingerprint density at radius 3 is 2.86 bits per heavy atom. The minimum Gasteiger partial charge on any atom is -0.464 e. The number of aromatic nitrogens is 3. The Bertz CT molecular complexity index is 1370. The van der Waals surface area contributed by atoms with Gasteiger partial charge in [0.15, 0.2) is 5.65 Å². The normalized spacial score (nSPS) is 19.6. The number of amides is 1. The van der Waals surface area contributed by atoms with Crippen molar-refractivity contribution in [2.24, 2.45) is 0 Å². The second-order valence-corrected chi connectivity index (χ2v) is 8.95. The molecule has 1 amide bonds. The Balaban J connectivity index is 1.52. The highest BCUT2D eigenvalue weighted by Crippen LogP contribution is 2.38. The molecule has 2 atom stereocenters. The number of hydrogen-bond acceptors (Lipinski definition) is 9. The van der Waals surface area contributed by atoms with Crippen LogP contribution < -0.4 is 15.5 Å². The molecule has 0 spiro atoms. The predicted octanol–water partition coefficient (Wildman–Crippen LogP) is 3.09. The molecule has 4 heterocycles. The smallest absolute Gasteiger partial charge is 0.387 e. The topological polar surface area (TPSA) is 110 Å². The van der Waals surface area contributed by atoms with E-state index in [1.165, 1.54) is 40.3 Å². The minimum atomic E-state index is -3.19. The lowest BCUT2D eigenvalue weighted by Crippen LogP contribution is -2.42. The number of alkyl halides is 4. The highest BCUT2D eigenvalue weighted by atomic mass is 32.2. The monoisotopic (exact) mass is 538 g/mol. The van der Waals surface area contributed by atoms with Crippen LogP contribution in [-0.4, -0.2) is 56.5 Å². The van der Waals surface area contributed by atoms with Gasteiger partial charge in [-0.05, 0) is 24.3 Å². The Morgan fingerprint density at radius 2 is 2.14 bits per heavy atom. The molecule has 0 aliphatic carbocycles. The third-order valence-corrected chi connectivity index (χ3v) is 6.33. The van der Waals surface area contributed by atoms with Gasteiger partial charge in [0.2, 0.25) is 0 Å². The van der Waals surface area contributed by atoms with Gasteiger partial charge in [-0.3, -0.25) is 9.80 Å². The molecule has 0 radical (unpaired) electrons. The second-order valence-electron chi connectivity index (χ2n) is 7.88. The van der Waals surface area contributed by atoms with Crippen LogP contribution in [0.25, 0.3) is 5.65 Å². The van der Waals surface area contributed by atoms with Gasteiger partial charge < -0.3 is 14.8 Å². The molecular weight excluding hydrogens is 520 g/mol. The van der Waals surface area contributed by atoms with Crippen molar-refractivity contribution in [3.05, 3.63) is 65.9 Å². The summed E-state index contributed by atoms with van der Waals surface area (Å²) in [5, 5.41) is 8.17. The van der Waals surface area contributed by atoms with Crippen molar-refractivity contribution in [1.82, 2.24) is 30.3 Å². The summed E-state index contributed by atoms with van der Waals surface area (Å²) in [5.41, 5.74) is 3.58. The first kappa shape index (κ1) is 24.8. The third-order valence-electron chi connectivity index (χ3n) is 5.63. The lowest BCUT2D eigenvalue weighted by Gasteiger charge is -2.25. The molecule has 10 nitrogen and oxygen atoms in total. The molecule has 2 unspecified atom stereocenters. The number of ether oxygens (including phenoxy) is 2. The number of carbonyl (C=O) groups excluding carboxylic acids is 2. The van der Waals surface area contributed by atoms with Crippen LogP contribution >= 0.6 is 11.8 Å². The Kier molecular flexibility index (Phi) is 6.88. The maximum atomic E-state index is 13.2. The largest absolute Gasteiger partial charge is 0.464 e. The van der Waals surface area contributed by atoms with Crippen molar-refractivity contribution in [3.63, 3.8) is 0 Å². The fraction of sp³-hybridized carbons (Fsp3) is 0.273. The van der Waals surface area contributed by atoms with Crippen LogP contribution in [0.1, 0.15) is 28.4 Å². The van der Waals surface area contributed by atoms with E-state index in [1.54, 1.807) is 12.3 Å². The summed E-state index contributed by atoms with van der Waals surface area (Å²) in [7, 11) is 0. The van der Waals surface area contributed by atoms with Gasteiger partial charge >= 0.3 is 12.6 Å². The van der Waals surface area contributed by atoms with E-state index in [0.29, 0.717) is 6.42 Å². The quantitative estimate of drug-likeness (QED) is 0.254. The standard InChI is InChI=1S/C22H18F4N6O4S/c23-21(24)36-16-3-2-11(37-22(25)26)8-12(16)17-14(10-32(30-17)15-4-7-35-20(15)34)29-19(33)13-9-28-31-6-1-5-27-18(13)31/h1-3,5-6,8-10,15,17,21-22,30H,4,7H2,(H,29,33). The lowest BCUT2D eigenvalue weighted by molar-refractivity contribution is -0.142. The number of hydrogen-bond donors (Lipinski definition) is 2. The van der Waals surface area contributed by atoms with Gasteiger partial charge in [0.05, 0.1) is 24.5 Å². The summed E-state index contributed by atoms with van der Waals surface area (Å²) in [6, 6.07) is 3.47. The molecule has 1 aromatic carbocycles. The molecule has 1 saturated heterocycles. The number of nitrogens with one attached hydrogen (secondary N) is 2. The van der Waals surface area contributed by atoms with E-state index in [4.69, 9.17) is 4.74 Å². The van der Waals surface area contributed by atoms with E-state index in [2.05, 4.69) is 25.6 Å². The number of benzene rings is 1. The van der Waals surface area contributed by atoms with Crippen LogP contribution in [0.2, 0.25) is 0 Å². The van der Waals surface area contributed by atoms with Crippen LogP contribution in [0.4, 0.5) is 17.6 Å². The fourth-order valence-corrected chi connectivity index (χ4v) is 4.60. The van der Waals surface area contributed by atoms with E-state index in [9.17, 15) is 27.2 Å². The number of halogens is 4. The first-order valence-electron chi connectivity index (χ1n) is 10.9. The third kappa shape index (κ3) is 5.17. The lowest BCUT2D eigenvalue weighted by atomic mass is 10.0. The van der Waals surface area contributed by atoms with Gasteiger partial charge in [0.25, 0.3) is 11.7 Å². The van der Waals surface area contributed by atoms with Crippen molar-refractivity contribution in [2.75, 3.05) is 6.61 Å². The Hall–Kier alpha value is -3.85. The molecule has 37 heavy (non-hydrogen) atoms. The molecule has 2 aliphatic heterocycles. The van der Waals surface area contributed by atoms with Crippen LogP contribution in [0.3, 0.4) is 0 Å². The van der Waals surface area contributed by atoms with Crippen molar-refractivity contribution >= 4 is 29.3 Å². The number of nitrogens with zero attached hydrogens (tertiary/aromatic N) is 4. The zero-order chi connectivity index (χ0) is 26.1. The molecule has 0 saturated carbocycles. The molecule has 0 bridgehead atoms. The van der Waals surface area contributed by atoms with Gasteiger partial charge in [0, 0.05) is 35.5 Å². The first-order chi connectivity index (χ1) is 17.8. The van der Waals surface area contributed by atoms with E-state index in [0.717, 1.165) is 6.07 Å². The average Bonchev–Trinajstić information content (AvgIpc) is 3.57. The number of hydrazine groups is 1. The highest BCUT2D eigenvalue weighted by molar-refractivity contribution is 7.99. The van der Waals surface area contributed by atoms with E-state index < -0.39 is 36.3 Å². The van der Waals surface area contributed by atoms with Crippen molar-refractivity contribution in [1.29, 1.82) is 0 Å². The number of carbonyl (C=O) groups is 2. The van der Waals surface area contributed by atoms with Crippen molar-refractivity contribution < 1.29 is 36.6 Å². The van der Waals surface area contributed by atoms with Crippen LogP contribution in [0.5, 0.6) is 5.75 Å². The number of fused-ring (bicyclic) bond motifs is 1. The molecule has 2 aliphatic rings. The van der Waals surface area contributed by atoms with Crippen LogP contribution in [-0.2, 0) is 9.53 Å².